The van der Waals surface area contributed by atoms with Crippen molar-refractivity contribution in [3.63, 3.8) is 0 Å². The van der Waals surface area contributed by atoms with Gasteiger partial charge in [0.2, 0.25) is 10.0 Å². The molecule has 0 aliphatic carbocycles. The van der Waals surface area contributed by atoms with Gasteiger partial charge in [0.05, 0.1) is 11.8 Å². The molecule has 16 heavy (non-hydrogen) atoms. The van der Waals surface area contributed by atoms with E-state index in [-0.39, 0.29) is 23.8 Å². The molecule has 1 saturated heterocycles. The average molecular weight is 246 g/mol. The average Bonchev–Trinajstić information content (AvgIpc) is 2.36. The first-order valence-corrected chi connectivity index (χ1v) is 6.25. The molecule has 2 heterocycles. The Morgan fingerprint density at radius 2 is 2.06 bits per heavy atom. The van der Waals surface area contributed by atoms with Gasteiger partial charge in [-0.2, -0.15) is 9.40 Å². The van der Waals surface area contributed by atoms with Crippen LogP contribution in [0, 0.1) is 6.92 Å². The van der Waals surface area contributed by atoms with Gasteiger partial charge in [0.25, 0.3) is 0 Å². The van der Waals surface area contributed by atoms with Crippen LogP contribution in [0.5, 0.6) is 0 Å². The topological polar surface area (TPSA) is 101 Å². The lowest BCUT2D eigenvalue weighted by Crippen LogP contribution is -2.53. The first kappa shape index (κ1) is 11.4. The van der Waals surface area contributed by atoms with E-state index < -0.39 is 16.1 Å². The quantitative estimate of drug-likeness (QED) is 0.673. The molecule has 0 unspecified atom stereocenters. The predicted octanol–water partition coefficient (Wildman–Crippen LogP) is -1.32. The van der Waals surface area contributed by atoms with Gasteiger partial charge in [-0.05, 0) is 6.92 Å². The molecule has 90 valence electrons. The Kier molecular flexibility index (Phi) is 2.44. The highest BCUT2D eigenvalue weighted by molar-refractivity contribution is 7.89. The predicted molar refractivity (Wildman–Crippen MR) is 57.1 cm³/mol. The number of nitrogens with zero attached hydrogens (tertiary/aromatic N) is 3. The highest BCUT2D eigenvalue weighted by atomic mass is 32.2. The van der Waals surface area contributed by atoms with Crippen LogP contribution in [0.3, 0.4) is 0 Å². The second-order valence-electron chi connectivity index (χ2n) is 3.90. The normalized spacial score (nSPS) is 18.7. The Bertz CT molecular complexity index is 516. The summed E-state index contributed by atoms with van der Waals surface area (Å²) in [4.78, 5) is 0.0434. The third-order valence-corrected chi connectivity index (χ3v) is 4.73. The summed E-state index contributed by atoms with van der Waals surface area (Å²) in [6.07, 6.45) is -0.576. The fourth-order valence-electron chi connectivity index (χ4n) is 1.68. The van der Waals surface area contributed by atoms with Crippen molar-refractivity contribution in [1.82, 2.24) is 14.1 Å². The third kappa shape index (κ3) is 1.49. The summed E-state index contributed by atoms with van der Waals surface area (Å²) in [5.74, 6) is 0.00129. The van der Waals surface area contributed by atoms with Gasteiger partial charge in [-0.1, -0.05) is 0 Å². The number of sulfonamides is 1. The zero-order chi connectivity index (χ0) is 12.1. The Hall–Kier alpha value is -1.12. The fraction of sp³-hybridized carbons (Fsp3) is 0.625. The number of aliphatic hydroxyl groups excluding tert-OH is 1. The molecule has 1 aromatic rings. The summed E-state index contributed by atoms with van der Waals surface area (Å²) in [6, 6.07) is 0. The van der Waals surface area contributed by atoms with E-state index in [1.165, 1.54) is 8.99 Å². The van der Waals surface area contributed by atoms with Crippen molar-refractivity contribution in [2.24, 2.45) is 7.05 Å². The number of hydrogen-bond acceptors (Lipinski definition) is 5. The van der Waals surface area contributed by atoms with Crippen molar-refractivity contribution >= 4 is 15.8 Å². The van der Waals surface area contributed by atoms with E-state index in [1.54, 1.807) is 14.0 Å². The summed E-state index contributed by atoms with van der Waals surface area (Å²) in [5.41, 5.74) is 6.08. The first-order chi connectivity index (χ1) is 7.34. The van der Waals surface area contributed by atoms with Gasteiger partial charge in [-0.15, -0.1) is 0 Å². The van der Waals surface area contributed by atoms with E-state index in [2.05, 4.69) is 5.10 Å². The Balaban J connectivity index is 2.44. The van der Waals surface area contributed by atoms with E-state index in [1.807, 2.05) is 0 Å². The van der Waals surface area contributed by atoms with Crippen molar-refractivity contribution in [2.75, 3.05) is 18.8 Å². The lowest BCUT2D eigenvalue weighted by molar-refractivity contribution is 0.0548. The molecule has 1 aliphatic rings. The number of nitrogens with two attached hydrogens (primary N) is 1. The van der Waals surface area contributed by atoms with Crippen LogP contribution in [0.25, 0.3) is 0 Å². The smallest absolute Gasteiger partial charge is 0.248 e. The van der Waals surface area contributed by atoms with Gasteiger partial charge in [0.1, 0.15) is 4.90 Å². The number of aryl methyl sites for hydroxylation is 1. The highest BCUT2D eigenvalue weighted by Gasteiger charge is 2.38. The standard InChI is InChI=1S/C8H14N4O3S/c1-5-7(8(9)10-11(5)2)16(14,15)12-3-6(13)4-12/h6,13H,3-4H2,1-2H3,(H2,9,10). The van der Waals surface area contributed by atoms with Crippen LogP contribution in [0.1, 0.15) is 5.69 Å². The largest absolute Gasteiger partial charge is 0.390 e. The molecular weight excluding hydrogens is 232 g/mol. The van der Waals surface area contributed by atoms with Crippen molar-refractivity contribution in [3.05, 3.63) is 5.69 Å². The second-order valence-corrected chi connectivity index (χ2v) is 5.77. The van der Waals surface area contributed by atoms with Gasteiger partial charge in [-0.3, -0.25) is 4.68 Å². The lowest BCUT2D eigenvalue weighted by atomic mass is 10.2. The number of nitrogen functional groups attached to an aromatic ring is 1. The third-order valence-electron chi connectivity index (χ3n) is 2.73. The molecule has 1 aromatic heterocycles. The van der Waals surface area contributed by atoms with Crippen LogP contribution in [-0.2, 0) is 17.1 Å². The van der Waals surface area contributed by atoms with Crippen molar-refractivity contribution in [3.8, 4) is 0 Å². The zero-order valence-electron chi connectivity index (χ0n) is 9.08. The van der Waals surface area contributed by atoms with E-state index in [0.29, 0.717) is 5.69 Å². The molecular formula is C8H14N4O3S. The van der Waals surface area contributed by atoms with Gasteiger partial charge in [0.15, 0.2) is 5.82 Å². The van der Waals surface area contributed by atoms with E-state index >= 15 is 0 Å². The minimum absolute atomic E-state index is 0.00129. The Labute approximate surface area is 93.5 Å². The molecule has 0 atom stereocenters. The number of β-amino-alcohol motifs (C(OH)–C–C–N with tert-alkyl or cyclic N) is 1. The van der Waals surface area contributed by atoms with E-state index in [0.717, 1.165) is 0 Å². The maximum Gasteiger partial charge on any atom is 0.248 e. The molecule has 0 amide bonds. The van der Waals surface area contributed by atoms with Crippen LogP contribution >= 0.6 is 0 Å². The maximum absolute atomic E-state index is 12.1. The van der Waals surface area contributed by atoms with Gasteiger partial charge in [-0.25, -0.2) is 8.42 Å². The molecule has 1 aliphatic heterocycles. The Morgan fingerprint density at radius 3 is 2.44 bits per heavy atom. The monoisotopic (exact) mass is 246 g/mol. The van der Waals surface area contributed by atoms with Crippen molar-refractivity contribution < 1.29 is 13.5 Å². The van der Waals surface area contributed by atoms with Gasteiger partial charge >= 0.3 is 0 Å². The number of anilines is 1. The summed E-state index contributed by atoms with van der Waals surface area (Å²) in [5, 5.41) is 13.0. The second kappa shape index (κ2) is 3.44. The fourth-order valence-corrected chi connectivity index (χ4v) is 3.48. The zero-order valence-corrected chi connectivity index (χ0v) is 9.90. The minimum atomic E-state index is -3.61. The van der Waals surface area contributed by atoms with Crippen LogP contribution in [0.4, 0.5) is 5.82 Å². The van der Waals surface area contributed by atoms with Crippen molar-refractivity contribution in [1.29, 1.82) is 0 Å². The summed E-state index contributed by atoms with van der Waals surface area (Å²) in [6.45, 7) is 1.89. The molecule has 2 rings (SSSR count). The van der Waals surface area contributed by atoms with Crippen LogP contribution < -0.4 is 5.73 Å². The van der Waals surface area contributed by atoms with Crippen LogP contribution in [0.2, 0.25) is 0 Å². The van der Waals surface area contributed by atoms with Crippen LogP contribution in [-0.4, -0.2) is 46.8 Å². The molecule has 7 nitrogen and oxygen atoms in total. The number of rotatable bonds is 2. The SMILES string of the molecule is Cc1c(S(=O)(=O)N2CC(O)C2)c(N)nn1C. The number of hydrogen-bond donors (Lipinski definition) is 2. The maximum atomic E-state index is 12.1. The van der Waals surface area contributed by atoms with Crippen LogP contribution in [0.15, 0.2) is 4.90 Å². The minimum Gasteiger partial charge on any atom is -0.390 e. The van der Waals surface area contributed by atoms with Gasteiger partial charge < -0.3 is 10.8 Å². The highest BCUT2D eigenvalue weighted by Crippen LogP contribution is 2.27. The van der Waals surface area contributed by atoms with Crippen molar-refractivity contribution in [2.45, 2.75) is 17.9 Å². The number of aliphatic hydroxyl groups is 1. The van der Waals surface area contributed by atoms with E-state index in [4.69, 9.17) is 10.8 Å². The molecule has 8 heteroatoms. The molecule has 0 saturated carbocycles. The summed E-state index contributed by atoms with van der Waals surface area (Å²) in [7, 11) is -1.98. The van der Waals surface area contributed by atoms with Gasteiger partial charge in [0, 0.05) is 20.1 Å². The Morgan fingerprint density at radius 1 is 1.50 bits per heavy atom. The summed E-state index contributed by atoms with van der Waals surface area (Å²) >= 11 is 0. The molecule has 3 N–H and O–H groups in total. The van der Waals surface area contributed by atoms with E-state index in [9.17, 15) is 8.42 Å². The molecule has 0 spiro atoms. The molecule has 0 aromatic carbocycles. The lowest BCUT2D eigenvalue weighted by Gasteiger charge is -2.34. The molecule has 0 radical (unpaired) electrons. The molecule has 1 fully saturated rings. The molecule has 0 bridgehead atoms. The number of aromatic nitrogens is 2. The summed E-state index contributed by atoms with van der Waals surface area (Å²) < 4.78 is 26.8. The first-order valence-electron chi connectivity index (χ1n) is 4.81.